The Hall–Kier alpha value is -1.13. The van der Waals surface area contributed by atoms with Crippen LogP contribution in [0.25, 0.3) is 0 Å². The number of likely N-dealkylation sites (tertiary alicyclic amines) is 1. The van der Waals surface area contributed by atoms with E-state index in [-0.39, 0.29) is 11.4 Å². The number of rotatable bonds is 4. The van der Waals surface area contributed by atoms with Gasteiger partial charge >= 0.3 is 0 Å². The minimum absolute atomic E-state index is 0.189. The summed E-state index contributed by atoms with van der Waals surface area (Å²) in [6.45, 7) is 7.08. The summed E-state index contributed by atoms with van der Waals surface area (Å²) in [5, 5.41) is 3.39. The standard InChI is InChI=1S/C16H26FN3/c1-13(2)20-10-5-8-16(12-18,9-11-20)19-15-7-4-3-6-14(15)17/h3-4,6-7,13,19H,5,8-12,18H2,1-2H3. The van der Waals surface area contributed by atoms with Crippen molar-refractivity contribution in [1.82, 2.24) is 4.90 Å². The maximum atomic E-state index is 13.8. The van der Waals surface area contributed by atoms with E-state index in [1.54, 1.807) is 12.1 Å². The molecule has 4 heteroatoms. The van der Waals surface area contributed by atoms with Gasteiger partial charge in [-0.1, -0.05) is 12.1 Å². The highest BCUT2D eigenvalue weighted by Crippen LogP contribution is 2.28. The lowest BCUT2D eigenvalue weighted by molar-refractivity contribution is 0.227. The number of nitrogens with two attached hydrogens (primary N) is 1. The lowest BCUT2D eigenvalue weighted by Gasteiger charge is -2.34. The van der Waals surface area contributed by atoms with Gasteiger partial charge < -0.3 is 16.0 Å². The van der Waals surface area contributed by atoms with Crippen LogP contribution in [0.2, 0.25) is 0 Å². The molecule has 0 radical (unpaired) electrons. The van der Waals surface area contributed by atoms with Crippen molar-refractivity contribution in [3.05, 3.63) is 30.1 Å². The molecule has 1 atom stereocenters. The highest BCUT2D eigenvalue weighted by molar-refractivity contribution is 5.47. The summed E-state index contributed by atoms with van der Waals surface area (Å²) in [5.41, 5.74) is 6.40. The molecule has 0 spiro atoms. The Morgan fingerprint density at radius 3 is 2.70 bits per heavy atom. The molecule has 20 heavy (non-hydrogen) atoms. The van der Waals surface area contributed by atoms with Gasteiger partial charge in [-0.25, -0.2) is 4.39 Å². The van der Waals surface area contributed by atoms with Gasteiger partial charge in [0.15, 0.2) is 0 Å². The third-order valence-electron chi connectivity index (χ3n) is 4.37. The zero-order valence-corrected chi connectivity index (χ0v) is 12.5. The molecule has 112 valence electrons. The molecule has 1 aliphatic heterocycles. The molecular formula is C16H26FN3. The maximum absolute atomic E-state index is 13.8. The molecule has 0 saturated carbocycles. The summed E-state index contributed by atoms with van der Waals surface area (Å²) < 4.78 is 13.8. The van der Waals surface area contributed by atoms with Crippen molar-refractivity contribution in [1.29, 1.82) is 0 Å². The van der Waals surface area contributed by atoms with Crippen LogP contribution in [0.4, 0.5) is 10.1 Å². The summed E-state index contributed by atoms with van der Waals surface area (Å²) in [6.07, 6.45) is 3.04. The predicted molar refractivity (Wildman–Crippen MR) is 82.4 cm³/mol. The van der Waals surface area contributed by atoms with Crippen LogP contribution in [0.3, 0.4) is 0 Å². The van der Waals surface area contributed by atoms with E-state index < -0.39 is 0 Å². The number of benzene rings is 1. The molecule has 0 aliphatic carbocycles. The first-order valence-corrected chi connectivity index (χ1v) is 7.53. The lowest BCUT2D eigenvalue weighted by atomic mass is 9.90. The molecule has 1 unspecified atom stereocenters. The monoisotopic (exact) mass is 279 g/mol. The Bertz CT molecular complexity index is 435. The van der Waals surface area contributed by atoms with E-state index in [4.69, 9.17) is 5.73 Å². The van der Waals surface area contributed by atoms with Crippen molar-refractivity contribution in [3.63, 3.8) is 0 Å². The molecule has 1 aromatic carbocycles. The van der Waals surface area contributed by atoms with Crippen LogP contribution in [-0.4, -0.2) is 36.1 Å². The number of para-hydroxylation sites is 1. The Labute approximate surface area is 121 Å². The summed E-state index contributed by atoms with van der Waals surface area (Å²) in [6, 6.07) is 7.40. The number of hydrogen-bond acceptors (Lipinski definition) is 3. The summed E-state index contributed by atoms with van der Waals surface area (Å²) in [5.74, 6) is -0.203. The average molecular weight is 279 g/mol. The van der Waals surface area contributed by atoms with E-state index in [0.29, 0.717) is 18.3 Å². The smallest absolute Gasteiger partial charge is 0.146 e. The summed E-state index contributed by atoms with van der Waals surface area (Å²) in [7, 11) is 0. The fraction of sp³-hybridized carbons (Fsp3) is 0.625. The van der Waals surface area contributed by atoms with E-state index in [2.05, 4.69) is 24.1 Å². The average Bonchev–Trinajstić information content (AvgIpc) is 2.65. The Balaban J connectivity index is 2.12. The van der Waals surface area contributed by atoms with Crippen molar-refractivity contribution < 1.29 is 4.39 Å². The van der Waals surface area contributed by atoms with Gasteiger partial charge in [-0.3, -0.25) is 0 Å². The van der Waals surface area contributed by atoms with Gasteiger partial charge in [0.2, 0.25) is 0 Å². The van der Waals surface area contributed by atoms with Crippen LogP contribution in [-0.2, 0) is 0 Å². The second kappa shape index (κ2) is 6.55. The van der Waals surface area contributed by atoms with Crippen LogP contribution >= 0.6 is 0 Å². The first kappa shape index (κ1) is 15.3. The highest BCUT2D eigenvalue weighted by Gasteiger charge is 2.32. The minimum atomic E-state index is -0.203. The topological polar surface area (TPSA) is 41.3 Å². The molecule has 1 aliphatic rings. The molecule has 1 heterocycles. The fourth-order valence-corrected chi connectivity index (χ4v) is 2.96. The molecule has 0 amide bonds. The largest absolute Gasteiger partial charge is 0.376 e. The molecule has 1 saturated heterocycles. The SMILES string of the molecule is CC(C)N1CCCC(CN)(Nc2ccccc2F)CC1. The fourth-order valence-electron chi connectivity index (χ4n) is 2.96. The van der Waals surface area contributed by atoms with Crippen molar-refractivity contribution in [2.45, 2.75) is 44.7 Å². The van der Waals surface area contributed by atoms with Gasteiger partial charge in [0.05, 0.1) is 11.2 Å². The second-order valence-corrected chi connectivity index (χ2v) is 6.07. The van der Waals surface area contributed by atoms with Gasteiger partial charge in [0.1, 0.15) is 5.82 Å². The van der Waals surface area contributed by atoms with E-state index in [0.717, 1.165) is 32.4 Å². The van der Waals surface area contributed by atoms with Gasteiger partial charge in [-0.05, 0) is 51.8 Å². The van der Waals surface area contributed by atoms with Crippen LogP contribution < -0.4 is 11.1 Å². The molecule has 0 bridgehead atoms. The van der Waals surface area contributed by atoms with Crippen molar-refractivity contribution in [3.8, 4) is 0 Å². The van der Waals surface area contributed by atoms with E-state index in [1.165, 1.54) is 6.07 Å². The molecule has 3 N–H and O–H groups in total. The first-order chi connectivity index (χ1) is 9.56. The van der Waals surface area contributed by atoms with Crippen LogP contribution in [0, 0.1) is 5.82 Å². The zero-order chi connectivity index (χ0) is 14.6. The quantitative estimate of drug-likeness (QED) is 0.890. The second-order valence-electron chi connectivity index (χ2n) is 6.07. The highest BCUT2D eigenvalue weighted by atomic mass is 19.1. The molecule has 2 rings (SSSR count). The van der Waals surface area contributed by atoms with Crippen LogP contribution in [0.1, 0.15) is 33.1 Å². The zero-order valence-electron chi connectivity index (χ0n) is 12.5. The van der Waals surface area contributed by atoms with Crippen molar-refractivity contribution in [2.24, 2.45) is 5.73 Å². The molecule has 3 nitrogen and oxygen atoms in total. The number of nitrogens with one attached hydrogen (secondary N) is 1. The van der Waals surface area contributed by atoms with Crippen molar-refractivity contribution >= 4 is 5.69 Å². The third kappa shape index (κ3) is 3.49. The molecular weight excluding hydrogens is 253 g/mol. The van der Waals surface area contributed by atoms with E-state index in [1.807, 2.05) is 6.07 Å². The number of hydrogen-bond donors (Lipinski definition) is 2. The summed E-state index contributed by atoms with van der Waals surface area (Å²) in [4.78, 5) is 2.47. The number of nitrogens with zero attached hydrogens (tertiary/aromatic N) is 1. The van der Waals surface area contributed by atoms with E-state index >= 15 is 0 Å². The Morgan fingerprint density at radius 1 is 1.30 bits per heavy atom. The summed E-state index contributed by atoms with van der Waals surface area (Å²) >= 11 is 0. The number of halogens is 1. The molecule has 1 fully saturated rings. The lowest BCUT2D eigenvalue weighted by Crippen LogP contribution is -2.46. The minimum Gasteiger partial charge on any atom is -0.376 e. The van der Waals surface area contributed by atoms with E-state index in [9.17, 15) is 4.39 Å². The van der Waals surface area contributed by atoms with Gasteiger partial charge in [0.25, 0.3) is 0 Å². The Kier molecular flexibility index (Phi) is 5.00. The van der Waals surface area contributed by atoms with Crippen molar-refractivity contribution in [2.75, 3.05) is 25.0 Å². The number of anilines is 1. The predicted octanol–water partition coefficient (Wildman–Crippen LogP) is 2.83. The van der Waals surface area contributed by atoms with Crippen LogP contribution in [0.5, 0.6) is 0 Å². The normalized spacial score (nSPS) is 24.6. The van der Waals surface area contributed by atoms with Gasteiger partial charge in [-0.15, -0.1) is 0 Å². The van der Waals surface area contributed by atoms with Crippen LogP contribution in [0.15, 0.2) is 24.3 Å². The molecule has 1 aromatic rings. The van der Waals surface area contributed by atoms with Gasteiger partial charge in [-0.2, -0.15) is 0 Å². The molecule has 0 aromatic heterocycles. The van der Waals surface area contributed by atoms with Gasteiger partial charge in [0, 0.05) is 19.1 Å². The Morgan fingerprint density at radius 2 is 2.05 bits per heavy atom. The third-order valence-corrected chi connectivity index (χ3v) is 4.37. The maximum Gasteiger partial charge on any atom is 0.146 e. The first-order valence-electron chi connectivity index (χ1n) is 7.53.